The lowest BCUT2D eigenvalue weighted by Crippen LogP contribution is -2.37. The molecule has 0 aliphatic carbocycles. The number of anilines is 2. The number of ether oxygens (including phenoxy) is 1. The zero-order chi connectivity index (χ0) is 22.7. The maximum absolute atomic E-state index is 13.7. The standard InChI is InChI=1S/C26H31N3O3/c1-4-17-32-22-13-11-19(12-14-22)23-24(28-15-6-5-7-16-28)26(31)29(25(23)30)21-10-8-9-20(18-21)27(2)3/h8-14,18H,4-7,15-17H2,1-3H3. The van der Waals surface area contributed by atoms with Crippen molar-refractivity contribution in [2.75, 3.05) is 43.6 Å². The van der Waals surface area contributed by atoms with Gasteiger partial charge in [0.15, 0.2) is 0 Å². The van der Waals surface area contributed by atoms with Crippen molar-refractivity contribution in [1.29, 1.82) is 0 Å². The van der Waals surface area contributed by atoms with E-state index in [1.807, 2.05) is 67.5 Å². The molecule has 4 rings (SSSR count). The van der Waals surface area contributed by atoms with Crippen LogP contribution in [0.5, 0.6) is 5.75 Å². The summed E-state index contributed by atoms with van der Waals surface area (Å²) in [6, 6.07) is 15.1. The van der Waals surface area contributed by atoms with E-state index in [9.17, 15) is 9.59 Å². The molecule has 6 nitrogen and oxygen atoms in total. The summed E-state index contributed by atoms with van der Waals surface area (Å²) in [5.74, 6) is 0.255. The summed E-state index contributed by atoms with van der Waals surface area (Å²) < 4.78 is 5.70. The Balaban J connectivity index is 1.75. The van der Waals surface area contributed by atoms with Gasteiger partial charge in [-0.2, -0.15) is 0 Å². The van der Waals surface area contributed by atoms with Gasteiger partial charge in [0, 0.05) is 32.9 Å². The van der Waals surface area contributed by atoms with Crippen LogP contribution in [-0.4, -0.2) is 50.5 Å². The summed E-state index contributed by atoms with van der Waals surface area (Å²) >= 11 is 0. The molecule has 32 heavy (non-hydrogen) atoms. The minimum atomic E-state index is -0.270. The zero-order valence-electron chi connectivity index (χ0n) is 19.1. The quantitative estimate of drug-likeness (QED) is 0.609. The molecule has 2 aliphatic heterocycles. The van der Waals surface area contributed by atoms with E-state index in [2.05, 4.69) is 11.8 Å². The van der Waals surface area contributed by atoms with Gasteiger partial charge in [-0.1, -0.05) is 25.1 Å². The molecule has 1 saturated heterocycles. The first-order valence-corrected chi connectivity index (χ1v) is 11.4. The molecule has 2 amide bonds. The molecule has 0 saturated carbocycles. The highest BCUT2D eigenvalue weighted by Gasteiger charge is 2.42. The van der Waals surface area contributed by atoms with Crippen LogP contribution in [0, 0.1) is 0 Å². The third kappa shape index (κ3) is 4.22. The van der Waals surface area contributed by atoms with Crippen LogP contribution in [0.25, 0.3) is 5.57 Å². The molecule has 2 aromatic carbocycles. The van der Waals surface area contributed by atoms with E-state index in [-0.39, 0.29) is 11.8 Å². The van der Waals surface area contributed by atoms with Gasteiger partial charge in [0.25, 0.3) is 11.8 Å². The van der Waals surface area contributed by atoms with Crippen molar-refractivity contribution < 1.29 is 14.3 Å². The van der Waals surface area contributed by atoms with E-state index < -0.39 is 0 Å². The number of hydrogen-bond acceptors (Lipinski definition) is 5. The smallest absolute Gasteiger partial charge is 0.282 e. The van der Waals surface area contributed by atoms with Crippen LogP contribution in [0.2, 0.25) is 0 Å². The van der Waals surface area contributed by atoms with Crippen LogP contribution in [0.15, 0.2) is 54.2 Å². The average Bonchev–Trinajstić information content (AvgIpc) is 3.08. The first kappa shape index (κ1) is 21.9. The van der Waals surface area contributed by atoms with E-state index in [1.165, 1.54) is 4.90 Å². The van der Waals surface area contributed by atoms with Gasteiger partial charge in [-0.25, -0.2) is 4.90 Å². The number of carbonyl (C=O) groups excluding carboxylic acids is 2. The number of likely N-dealkylation sites (tertiary alicyclic amines) is 1. The number of hydrogen-bond donors (Lipinski definition) is 0. The molecule has 0 N–H and O–H groups in total. The number of imide groups is 1. The Bertz CT molecular complexity index is 1020. The van der Waals surface area contributed by atoms with E-state index in [0.29, 0.717) is 23.6 Å². The topological polar surface area (TPSA) is 53.1 Å². The molecule has 2 heterocycles. The van der Waals surface area contributed by atoms with Gasteiger partial charge in [0.2, 0.25) is 0 Å². The second kappa shape index (κ2) is 9.47. The summed E-state index contributed by atoms with van der Waals surface area (Å²) in [6.07, 6.45) is 4.13. The predicted octanol–water partition coefficient (Wildman–Crippen LogP) is 4.31. The largest absolute Gasteiger partial charge is 0.494 e. The van der Waals surface area contributed by atoms with Crippen molar-refractivity contribution in [2.24, 2.45) is 0 Å². The lowest BCUT2D eigenvalue weighted by molar-refractivity contribution is -0.120. The van der Waals surface area contributed by atoms with Gasteiger partial charge in [0.05, 0.1) is 17.9 Å². The van der Waals surface area contributed by atoms with Gasteiger partial charge < -0.3 is 14.5 Å². The van der Waals surface area contributed by atoms with E-state index in [4.69, 9.17) is 4.74 Å². The Labute approximate surface area is 190 Å². The average molecular weight is 434 g/mol. The number of benzene rings is 2. The van der Waals surface area contributed by atoms with Crippen LogP contribution in [0.3, 0.4) is 0 Å². The van der Waals surface area contributed by atoms with Crippen molar-refractivity contribution in [1.82, 2.24) is 4.90 Å². The SMILES string of the molecule is CCCOc1ccc(C2=C(N3CCCCC3)C(=O)N(c3cccc(N(C)C)c3)C2=O)cc1. The fourth-order valence-corrected chi connectivity index (χ4v) is 4.27. The van der Waals surface area contributed by atoms with Gasteiger partial charge in [-0.05, 0) is 61.6 Å². The normalized spacial score (nSPS) is 16.7. The molecule has 0 radical (unpaired) electrons. The molecule has 0 aromatic heterocycles. The molecule has 0 bridgehead atoms. The highest BCUT2D eigenvalue weighted by Crippen LogP contribution is 2.37. The molecule has 2 aromatic rings. The predicted molar refractivity (Wildman–Crippen MR) is 128 cm³/mol. The Morgan fingerprint density at radius 2 is 1.66 bits per heavy atom. The fourth-order valence-electron chi connectivity index (χ4n) is 4.27. The van der Waals surface area contributed by atoms with Crippen molar-refractivity contribution in [3.63, 3.8) is 0 Å². The lowest BCUT2D eigenvalue weighted by Gasteiger charge is -2.29. The molecular weight excluding hydrogens is 402 g/mol. The maximum atomic E-state index is 13.7. The molecule has 6 heteroatoms. The van der Waals surface area contributed by atoms with E-state index >= 15 is 0 Å². The summed E-state index contributed by atoms with van der Waals surface area (Å²) in [7, 11) is 3.88. The van der Waals surface area contributed by atoms with Gasteiger partial charge in [-0.3, -0.25) is 9.59 Å². The van der Waals surface area contributed by atoms with Gasteiger partial charge in [0.1, 0.15) is 11.4 Å². The van der Waals surface area contributed by atoms with Crippen LogP contribution < -0.4 is 14.5 Å². The van der Waals surface area contributed by atoms with E-state index in [0.717, 1.165) is 55.8 Å². The van der Waals surface area contributed by atoms with Crippen LogP contribution in [0.4, 0.5) is 11.4 Å². The third-order valence-corrected chi connectivity index (χ3v) is 5.95. The van der Waals surface area contributed by atoms with Gasteiger partial charge in [-0.15, -0.1) is 0 Å². The maximum Gasteiger partial charge on any atom is 0.282 e. The van der Waals surface area contributed by atoms with Crippen molar-refractivity contribution in [3.05, 3.63) is 59.8 Å². The minimum Gasteiger partial charge on any atom is -0.494 e. The molecule has 1 fully saturated rings. The summed E-state index contributed by atoms with van der Waals surface area (Å²) in [4.78, 5) is 32.7. The molecule has 0 unspecified atom stereocenters. The zero-order valence-corrected chi connectivity index (χ0v) is 19.1. The van der Waals surface area contributed by atoms with Crippen LogP contribution in [-0.2, 0) is 9.59 Å². The first-order valence-electron chi connectivity index (χ1n) is 11.4. The van der Waals surface area contributed by atoms with Crippen LogP contribution in [0.1, 0.15) is 38.2 Å². The molecule has 168 valence electrons. The molecule has 0 spiro atoms. The number of amides is 2. The number of piperidine rings is 1. The minimum absolute atomic E-state index is 0.242. The number of carbonyl (C=O) groups is 2. The first-order chi connectivity index (χ1) is 15.5. The molecule has 0 atom stereocenters. The Hall–Kier alpha value is -3.28. The summed E-state index contributed by atoms with van der Waals surface area (Å²) in [5.41, 5.74) is 3.28. The highest BCUT2D eigenvalue weighted by molar-refractivity contribution is 6.45. The number of nitrogens with zero attached hydrogens (tertiary/aromatic N) is 3. The van der Waals surface area contributed by atoms with Crippen LogP contribution >= 0.6 is 0 Å². The lowest BCUT2D eigenvalue weighted by atomic mass is 10.0. The van der Waals surface area contributed by atoms with E-state index in [1.54, 1.807) is 0 Å². The summed E-state index contributed by atoms with van der Waals surface area (Å²) in [6.45, 7) is 4.30. The summed E-state index contributed by atoms with van der Waals surface area (Å²) in [5, 5.41) is 0. The monoisotopic (exact) mass is 433 g/mol. The fraction of sp³-hybridized carbons (Fsp3) is 0.385. The second-order valence-electron chi connectivity index (χ2n) is 8.50. The Morgan fingerprint density at radius 3 is 2.31 bits per heavy atom. The third-order valence-electron chi connectivity index (χ3n) is 5.95. The molecular formula is C26H31N3O3. The number of rotatable bonds is 7. The molecule has 2 aliphatic rings. The van der Waals surface area contributed by atoms with Gasteiger partial charge >= 0.3 is 0 Å². The Morgan fingerprint density at radius 1 is 0.938 bits per heavy atom. The van der Waals surface area contributed by atoms with Crippen molar-refractivity contribution in [2.45, 2.75) is 32.6 Å². The van der Waals surface area contributed by atoms with Crippen molar-refractivity contribution >= 4 is 28.8 Å². The Kier molecular flexibility index (Phi) is 6.49. The van der Waals surface area contributed by atoms with Crippen molar-refractivity contribution in [3.8, 4) is 5.75 Å². The highest BCUT2D eigenvalue weighted by atomic mass is 16.5. The second-order valence-corrected chi connectivity index (χ2v) is 8.50.